The van der Waals surface area contributed by atoms with Gasteiger partial charge in [0.2, 0.25) is 5.91 Å². The average molecular weight is 434 g/mol. The number of nitrogens with zero attached hydrogens (tertiary/aromatic N) is 1. The molecule has 31 heavy (non-hydrogen) atoms. The topological polar surface area (TPSA) is 49.4 Å². The summed E-state index contributed by atoms with van der Waals surface area (Å²) in [6, 6.07) is 10.8. The lowest BCUT2D eigenvalue weighted by Crippen LogP contribution is -2.40. The zero-order valence-corrected chi connectivity index (χ0v) is 16.7. The monoisotopic (exact) mass is 434 g/mol. The highest BCUT2D eigenvalue weighted by Gasteiger charge is 2.58. The van der Waals surface area contributed by atoms with Crippen molar-refractivity contribution in [3.05, 3.63) is 71.0 Å². The summed E-state index contributed by atoms with van der Waals surface area (Å²) in [4.78, 5) is 26.8. The van der Waals surface area contributed by atoms with Crippen LogP contribution in [0.3, 0.4) is 0 Å². The van der Waals surface area contributed by atoms with Crippen LogP contribution >= 0.6 is 0 Å². The van der Waals surface area contributed by atoms with Gasteiger partial charge >= 0.3 is 6.18 Å². The van der Waals surface area contributed by atoms with Gasteiger partial charge in [-0.1, -0.05) is 24.3 Å². The third-order valence-corrected chi connectivity index (χ3v) is 6.40. The fraction of sp³-hybridized carbons (Fsp3) is 0.391. The van der Waals surface area contributed by atoms with Gasteiger partial charge in [0.1, 0.15) is 5.82 Å². The lowest BCUT2D eigenvalue weighted by atomic mass is 9.90. The first kappa shape index (κ1) is 21.3. The fourth-order valence-corrected chi connectivity index (χ4v) is 4.49. The lowest BCUT2D eigenvalue weighted by Gasteiger charge is -2.33. The summed E-state index contributed by atoms with van der Waals surface area (Å²) in [6.45, 7) is 0.761. The van der Waals surface area contributed by atoms with E-state index in [0.29, 0.717) is 37.9 Å². The van der Waals surface area contributed by atoms with Crippen LogP contribution in [0.4, 0.5) is 17.6 Å². The molecule has 1 unspecified atom stereocenters. The molecule has 2 aromatic carbocycles. The van der Waals surface area contributed by atoms with Gasteiger partial charge in [0.15, 0.2) is 0 Å². The number of piperidine rings is 1. The number of benzene rings is 2. The number of hydrogen-bond donors (Lipinski definition) is 1. The molecular formula is C23H22F4N2O2. The molecule has 0 aromatic heterocycles. The fourth-order valence-electron chi connectivity index (χ4n) is 4.49. The van der Waals surface area contributed by atoms with E-state index in [1.807, 2.05) is 0 Å². The highest BCUT2D eigenvalue weighted by molar-refractivity contribution is 5.94. The molecule has 2 amide bonds. The molecule has 1 saturated carbocycles. The van der Waals surface area contributed by atoms with E-state index in [9.17, 15) is 27.2 Å². The summed E-state index contributed by atoms with van der Waals surface area (Å²) in [7, 11) is 0. The van der Waals surface area contributed by atoms with E-state index < -0.39 is 17.6 Å². The number of likely N-dealkylation sites (tertiary alicyclic amines) is 1. The van der Waals surface area contributed by atoms with Gasteiger partial charge in [0.05, 0.1) is 5.56 Å². The Bertz CT molecular complexity index is 997. The smallest absolute Gasteiger partial charge is 0.352 e. The minimum Gasteiger partial charge on any atom is -0.352 e. The molecule has 2 aromatic rings. The minimum absolute atomic E-state index is 0.0357. The largest absolute Gasteiger partial charge is 0.416 e. The third kappa shape index (κ3) is 4.43. The molecule has 1 atom stereocenters. The molecule has 8 heteroatoms. The molecule has 0 bridgehead atoms. The number of carbonyl (C=O) groups excluding carboxylic acids is 2. The predicted molar refractivity (Wildman–Crippen MR) is 105 cm³/mol. The molecule has 2 aliphatic rings. The molecule has 1 aliphatic carbocycles. The Balaban J connectivity index is 1.32. The number of hydrogen-bond acceptors (Lipinski definition) is 2. The SMILES string of the molecule is O=C(NCc1ccccc1C(F)(F)F)C1CC12CCN(C(=O)c1cccc(F)c1)CC2. The first-order valence-electron chi connectivity index (χ1n) is 10.2. The van der Waals surface area contributed by atoms with Gasteiger partial charge in [-0.2, -0.15) is 13.2 Å². The van der Waals surface area contributed by atoms with Crippen LogP contribution in [-0.2, 0) is 17.5 Å². The third-order valence-electron chi connectivity index (χ3n) is 6.40. The van der Waals surface area contributed by atoms with Crippen LogP contribution in [0.5, 0.6) is 0 Å². The van der Waals surface area contributed by atoms with Crippen LogP contribution in [0.15, 0.2) is 48.5 Å². The Kier molecular flexibility index (Phi) is 5.49. The predicted octanol–water partition coefficient (Wildman–Crippen LogP) is 4.40. The van der Waals surface area contributed by atoms with E-state index >= 15 is 0 Å². The Morgan fingerprint density at radius 3 is 2.45 bits per heavy atom. The summed E-state index contributed by atoms with van der Waals surface area (Å²) in [5.41, 5.74) is -0.616. The van der Waals surface area contributed by atoms with Crippen molar-refractivity contribution in [2.45, 2.75) is 32.0 Å². The maximum Gasteiger partial charge on any atom is 0.416 e. The summed E-state index contributed by atoms with van der Waals surface area (Å²) in [6.07, 6.45) is -2.51. The van der Waals surface area contributed by atoms with Gasteiger partial charge in [-0.25, -0.2) is 4.39 Å². The Morgan fingerprint density at radius 2 is 1.77 bits per heavy atom. The standard InChI is InChI=1S/C23H22F4N2O2/c24-17-6-3-5-15(12-17)21(31)29-10-8-22(9-11-29)13-19(22)20(30)28-14-16-4-1-2-7-18(16)23(25,26)27/h1-7,12,19H,8-11,13-14H2,(H,28,30). The van der Waals surface area contributed by atoms with Gasteiger partial charge in [-0.05, 0) is 54.5 Å². The summed E-state index contributed by atoms with van der Waals surface area (Å²) >= 11 is 0. The van der Waals surface area contributed by atoms with Crippen molar-refractivity contribution in [3.63, 3.8) is 0 Å². The highest BCUT2D eigenvalue weighted by atomic mass is 19.4. The number of carbonyl (C=O) groups is 2. The molecule has 164 valence electrons. The first-order chi connectivity index (χ1) is 14.7. The number of halogens is 4. The van der Waals surface area contributed by atoms with Crippen molar-refractivity contribution in [1.82, 2.24) is 10.2 Å². The maximum atomic E-state index is 13.4. The Hall–Kier alpha value is -2.90. The maximum absolute atomic E-state index is 13.4. The van der Waals surface area contributed by atoms with E-state index in [4.69, 9.17) is 0 Å². The normalized spacial score (nSPS) is 19.9. The van der Waals surface area contributed by atoms with Gasteiger partial charge in [-0.15, -0.1) is 0 Å². The zero-order valence-electron chi connectivity index (χ0n) is 16.7. The second-order valence-electron chi connectivity index (χ2n) is 8.29. The minimum atomic E-state index is -4.47. The quantitative estimate of drug-likeness (QED) is 0.725. The van der Waals surface area contributed by atoms with Crippen LogP contribution < -0.4 is 5.32 Å². The number of nitrogens with one attached hydrogen (secondary N) is 1. The zero-order chi connectivity index (χ0) is 22.2. The van der Waals surface area contributed by atoms with Crippen molar-refractivity contribution in [2.24, 2.45) is 11.3 Å². The van der Waals surface area contributed by atoms with Gasteiger partial charge < -0.3 is 10.2 Å². The average Bonchev–Trinajstić information content (AvgIpc) is 3.45. The Morgan fingerprint density at radius 1 is 1.06 bits per heavy atom. The van der Waals surface area contributed by atoms with E-state index in [1.165, 1.54) is 36.4 Å². The van der Waals surface area contributed by atoms with Crippen molar-refractivity contribution < 1.29 is 27.2 Å². The molecular weight excluding hydrogens is 412 g/mol. The van der Waals surface area contributed by atoms with Gasteiger partial charge in [0.25, 0.3) is 5.91 Å². The Labute approximate surface area is 177 Å². The number of rotatable bonds is 4. The van der Waals surface area contributed by atoms with E-state index in [2.05, 4.69) is 5.32 Å². The van der Waals surface area contributed by atoms with Gasteiger partial charge in [0, 0.05) is 31.1 Å². The van der Waals surface area contributed by atoms with Crippen LogP contribution in [0.25, 0.3) is 0 Å². The molecule has 1 N–H and O–H groups in total. The second kappa shape index (κ2) is 7.98. The van der Waals surface area contributed by atoms with Crippen LogP contribution in [0.2, 0.25) is 0 Å². The lowest BCUT2D eigenvalue weighted by molar-refractivity contribution is -0.138. The summed E-state index contributed by atoms with van der Waals surface area (Å²) in [5.74, 6) is -1.20. The van der Waals surface area contributed by atoms with Crippen molar-refractivity contribution in [1.29, 1.82) is 0 Å². The molecule has 1 saturated heterocycles. The molecule has 0 radical (unpaired) electrons. The molecule has 2 fully saturated rings. The molecule has 1 heterocycles. The van der Waals surface area contributed by atoms with Crippen molar-refractivity contribution in [3.8, 4) is 0 Å². The van der Waals surface area contributed by atoms with E-state index in [1.54, 1.807) is 11.0 Å². The first-order valence-corrected chi connectivity index (χ1v) is 10.2. The van der Waals surface area contributed by atoms with E-state index in [-0.39, 0.29) is 35.3 Å². The highest BCUT2D eigenvalue weighted by Crippen LogP contribution is 2.59. The molecule has 4 rings (SSSR count). The van der Waals surface area contributed by atoms with Gasteiger partial charge in [-0.3, -0.25) is 9.59 Å². The van der Waals surface area contributed by atoms with Crippen molar-refractivity contribution >= 4 is 11.8 Å². The van der Waals surface area contributed by atoms with E-state index in [0.717, 1.165) is 6.07 Å². The number of alkyl halides is 3. The van der Waals surface area contributed by atoms with Crippen molar-refractivity contribution in [2.75, 3.05) is 13.1 Å². The summed E-state index contributed by atoms with van der Waals surface area (Å²) in [5, 5.41) is 2.65. The molecule has 1 spiro atoms. The second-order valence-corrected chi connectivity index (χ2v) is 8.29. The summed E-state index contributed by atoms with van der Waals surface area (Å²) < 4.78 is 52.7. The van der Waals surface area contributed by atoms with Crippen LogP contribution in [0, 0.1) is 17.2 Å². The van der Waals surface area contributed by atoms with Crippen LogP contribution in [0.1, 0.15) is 40.7 Å². The van der Waals surface area contributed by atoms with Crippen LogP contribution in [-0.4, -0.2) is 29.8 Å². The molecule has 1 aliphatic heterocycles. The molecule has 4 nitrogen and oxygen atoms in total. The number of amides is 2.